The fourth-order valence-corrected chi connectivity index (χ4v) is 4.08. The van der Waals surface area contributed by atoms with Crippen molar-refractivity contribution < 1.29 is 5.11 Å². The number of pyridine rings is 1. The lowest BCUT2D eigenvalue weighted by Crippen LogP contribution is -2.42. The van der Waals surface area contributed by atoms with E-state index >= 15 is 0 Å². The molecule has 0 amide bonds. The van der Waals surface area contributed by atoms with Gasteiger partial charge >= 0.3 is 0 Å². The molecule has 0 radical (unpaired) electrons. The van der Waals surface area contributed by atoms with Gasteiger partial charge in [0.1, 0.15) is 5.75 Å². The second-order valence-corrected chi connectivity index (χ2v) is 8.00. The van der Waals surface area contributed by atoms with Gasteiger partial charge in [-0.2, -0.15) is 15.3 Å². The van der Waals surface area contributed by atoms with E-state index in [4.69, 9.17) is 0 Å². The maximum atomic E-state index is 10.7. The highest BCUT2D eigenvalue weighted by atomic mass is 35.5. The minimum absolute atomic E-state index is 0. The lowest BCUT2D eigenvalue weighted by atomic mass is 9.96. The molecule has 1 fully saturated rings. The van der Waals surface area contributed by atoms with E-state index in [-0.39, 0.29) is 18.2 Å². The highest BCUT2D eigenvalue weighted by Gasteiger charge is 2.26. The Labute approximate surface area is 181 Å². The van der Waals surface area contributed by atoms with Gasteiger partial charge in [-0.15, -0.1) is 12.4 Å². The Morgan fingerprint density at radius 3 is 2.40 bits per heavy atom. The van der Waals surface area contributed by atoms with Crippen LogP contribution in [0.4, 0.5) is 0 Å². The van der Waals surface area contributed by atoms with E-state index in [2.05, 4.69) is 45.4 Å². The second-order valence-electron chi connectivity index (χ2n) is 8.00. The molecule has 1 aromatic carbocycles. The summed E-state index contributed by atoms with van der Waals surface area (Å²) in [4.78, 5) is 2.26. The van der Waals surface area contributed by atoms with Crippen molar-refractivity contribution in [3.05, 3.63) is 65.6 Å². The zero-order chi connectivity index (χ0) is 20.1. The van der Waals surface area contributed by atoms with Crippen LogP contribution in [0.1, 0.15) is 23.0 Å². The standard InChI is InChI=1S/C23H23N5O.ClH/c1-14-8-19-10-17(9-15(2)28(19)26-14)16-4-5-20(23(29)11-16)22-7-6-21(24-25-22)18-12-27(3)13-18;/h4-11,18,29H,12-13H2,1-3H3;1H. The molecule has 0 bridgehead atoms. The van der Waals surface area contributed by atoms with E-state index < -0.39 is 0 Å². The van der Waals surface area contributed by atoms with Gasteiger partial charge in [-0.05, 0) is 74.5 Å². The molecule has 7 heteroatoms. The van der Waals surface area contributed by atoms with Crippen LogP contribution in [0, 0.1) is 13.8 Å². The van der Waals surface area contributed by atoms with Crippen LogP contribution in [-0.4, -0.2) is 50.0 Å². The molecule has 0 spiro atoms. The van der Waals surface area contributed by atoms with Crippen molar-refractivity contribution in [2.45, 2.75) is 19.8 Å². The van der Waals surface area contributed by atoms with E-state index in [9.17, 15) is 5.11 Å². The fourth-order valence-electron chi connectivity index (χ4n) is 4.08. The average molecular weight is 422 g/mol. The molecule has 1 aliphatic rings. The lowest BCUT2D eigenvalue weighted by molar-refractivity contribution is 0.186. The van der Waals surface area contributed by atoms with E-state index in [1.165, 1.54) is 0 Å². The zero-order valence-electron chi connectivity index (χ0n) is 17.2. The van der Waals surface area contributed by atoms with Crippen LogP contribution in [0.25, 0.3) is 27.9 Å². The van der Waals surface area contributed by atoms with E-state index in [0.717, 1.165) is 46.8 Å². The number of nitrogens with zero attached hydrogens (tertiary/aromatic N) is 5. The van der Waals surface area contributed by atoms with Crippen LogP contribution in [0.15, 0.2) is 48.5 Å². The molecule has 1 saturated heterocycles. The summed E-state index contributed by atoms with van der Waals surface area (Å²) in [5.74, 6) is 0.665. The molecule has 0 atom stereocenters. The first-order valence-corrected chi connectivity index (χ1v) is 9.81. The number of aryl methyl sites for hydroxylation is 2. The lowest BCUT2D eigenvalue weighted by Gasteiger charge is -2.35. The number of phenolic OH excluding ortho intramolecular Hbond substituents is 1. The first-order chi connectivity index (χ1) is 14.0. The van der Waals surface area contributed by atoms with Crippen LogP contribution >= 0.6 is 12.4 Å². The summed E-state index contributed by atoms with van der Waals surface area (Å²) in [5.41, 5.74) is 7.48. The van der Waals surface area contributed by atoms with Crippen LogP contribution in [0.5, 0.6) is 5.75 Å². The number of aromatic hydroxyl groups is 1. The highest BCUT2D eigenvalue weighted by Crippen LogP contribution is 2.34. The van der Waals surface area contributed by atoms with Crippen molar-refractivity contribution in [1.82, 2.24) is 24.7 Å². The Kier molecular flexibility index (Phi) is 5.22. The van der Waals surface area contributed by atoms with Gasteiger partial charge in [0.05, 0.1) is 22.6 Å². The molecule has 0 aliphatic carbocycles. The number of hydrogen-bond donors (Lipinski definition) is 1. The summed E-state index contributed by atoms with van der Waals surface area (Å²) in [6.07, 6.45) is 0. The summed E-state index contributed by atoms with van der Waals surface area (Å²) in [6, 6.07) is 15.9. The van der Waals surface area contributed by atoms with Gasteiger partial charge in [-0.1, -0.05) is 6.07 Å². The number of fused-ring (bicyclic) bond motifs is 1. The van der Waals surface area contributed by atoms with Gasteiger partial charge in [0.2, 0.25) is 0 Å². The Morgan fingerprint density at radius 2 is 1.73 bits per heavy atom. The zero-order valence-corrected chi connectivity index (χ0v) is 18.0. The third kappa shape index (κ3) is 3.53. The van der Waals surface area contributed by atoms with Crippen molar-refractivity contribution in [2.75, 3.05) is 20.1 Å². The van der Waals surface area contributed by atoms with E-state index in [0.29, 0.717) is 17.2 Å². The monoisotopic (exact) mass is 421 g/mol. The molecule has 0 saturated carbocycles. The molecule has 30 heavy (non-hydrogen) atoms. The topological polar surface area (TPSA) is 66.5 Å². The molecule has 1 aliphatic heterocycles. The maximum absolute atomic E-state index is 10.7. The molecule has 4 aromatic rings. The predicted molar refractivity (Wildman–Crippen MR) is 120 cm³/mol. The Morgan fingerprint density at radius 1 is 0.933 bits per heavy atom. The first-order valence-electron chi connectivity index (χ1n) is 9.81. The van der Waals surface area contributed by atoms with Crippen molar-refractivity contribution in [3.8, 4) is 28.1 Å². The third-order valence-corrected chi connectivity index (χ3v) is 5.64. The summed E-state index contributed by atoms with van der Waals surface area (Å²) in [6.45, 7) is 6.07. The van der Waals surface area contributed by atoms with Gasteiger partial charge in [-0.25, -0.2) is 4.52 Å². The molecular weight excluding hydrogens is 398 g/mol. The fraction of sp³-hybridized carbons (Fsp3) is 0.261. The van der Waals surface area contributed by atoms with Gasteiger partial charge in [0, 0.05) is 30.3 Å². The number of likely N-dealkylation sites (tertiary alicyclic amines) is 1. The Bertz CT molecular complexity index is 1210. The van der Waals surface area contributed by atoms with Gasteiger partial charge in [0.25, 0.3) is 0 Å². The van der Waals surface area contributed by atoms with Crippen molar-refractivity contribution in [2.24, 2.45) is 0 Å². The van der Waals surface area contributed by atoms with Crippen LogP contribution in [-0.2, 0) is 0 Å². The number of phenols is 1. The average Bonchev–Trinajstić information content (AvgIpc) is 3.07. The number of hydrogen-bond acceptors (Lipinski definition) is 5. The van der Waals surface area contributed by atoms with Gasteiger partial charge in [0.15, 0.2) is 0 Å². The number of likely N-dealkylation sites (N-methyl/N-ethyl adjacent to an activating group) is 1. The highest BCUT2D eigenvalue weighted by molar-refractivity contribution is 5.85. The van der Waals surface area contributed by atoms with Crippen molar-refractivity contribution in [1.29, 1.82) is 0 Å². The summed E-state index contributed by atoms with van der Waals surface area (Å²) >= 11 is 0. The quantitative estimate of drug-likeness (QED) is 0.536. The van der Waals surface area contributed by atoms with E-state index in [1.54, 1.807) is 6.07 Å². The predicted octanol–water partition coefficient (Wildman–Crippen LogP) is 4.23. The van der Waals surface area contributed by atoms with Crippen molar-refractivity contribution >= 4 is 17.9 Å². The second kappa shape index (κ2) is 7.70. The molecule has 6 nitrogen and oxygen atoms in total. The SMILES string of the molecule is Cc1cc2cc(-c3ccc(-c4ccc(C5CN(C)C5)nn4)c(O)c3)cc(C)n2n1.Cl. The summed E-state index contributed by atoms with van der Waals surface area (Å²) in [5, 5.41) is 23.9. The number of benzene rings is 1. The van der Waals surface area contributed by atoms with Crippen LogP contribution in [0.3, 0.4) is 0 Å². The summed E-state index contributed by atoms with van der Waals surface area (Å²) in [7, 11) is 2.10. The molecule has 154 valence electrons. The van der Waals surface area contributed by atoms with Crippen molar-refractivity contribution in [3.63, 3.8) is 0 Å². The molecule has 4 heterocycles. The van der Waals surface area contributed by atoms with Crippen LogP contribution in [0.2, 0.25) is 0 Å². The minimum Gasteiger partial charge on any atom is -0.507 e. The van der Waals surface area contributed by atoms with Gasteiger partial charge < -0.3 is 10.0 Å². The van der Waals surface area contributed by atoms with Gasteiger partial charge in [-0.3, -0.25) is 0 Å². The largest absolute Gasteiger partial charge is 0.507 e. The molecular formula is C23H24ClN5O. The Hall–Kier alpha value is -2.96. The summed E-state index contributed by atoms with van der Waals surface area (Å²) < 4.78 is 1.93. The normalized spacial score (nSPS) is 14.5. The molecule has 3 aromatic heterocycles. The molecule has 5 rings (SSSR count). The van der Waals surface area contributed by atoms with E-state index in [1.807, 2.05) is 42.6 Å². The smallest absolute Gasteiger partial charge is 0.125 e. The maximum Gasteiger partial charge on any atom is 0.125 e. The first kappa shape index (κ1) is 20.3. The Balaban J connectivity index is 0.00000218. The third-order valence-electron chi connectivity index (χ3n) is 5.64. The molecule has 1 N–H and O–H groups in total. The number of rotatable bonds is 3. The van der Waals surface area contributed by atoms with Crippen LogP contribution < -0.4 is 0 Å². The number of aromatic nitrogens is 4. The minimum atomic E-state index is 0. The molecule has 0 unspecified atom stereocenters. The number of halogens is 1.